The largest absolute Gasteiger partial charge is 0.481 e. The minimum absolute atomic E-state index is 0.0137. The molecule has 1 aliphatic carbocycles. The maximum absolute atomic E-state index is 11.7. The third-order valence-electron chi connectivity index (χ3n) is 3.17. The van der Waals surface area contributed by atoms with Crippen LogP contribution in [-0.4, -0.2) is 23.5 Å². The molecule has 1 fully saturated rings. The Kier molecular flexibility index (Phi) is 5.55. The van der Waals surface area contributed by atoms with Gasteiger partial charge in [0.1, 0.15) is 0 Å². The molecule has 0 heterocycles. The van der Waals surface area contributed by atoms with E-state index in [0.717, 1.165) is 0 Å². The van der Waals surface area contributed by atoms with Crippen molar-refractivity contribution < 1.29 is 14.7 Å². The minimum Gasteiger partial charge on any atom is -0.481 e. The van der Waals surface area contributed by atoms with Gasteiger partial charge in [-0.25, -0.2) is 0 Å². The highest BCUT2D eigenvalue weighted by Gasteiger charge is 2.29. The Labute approximate surface area is 102 Å². The third kappa shape index (κ3) is 4.48. The van der Waals surface area contributed by atoms with Gasteiger partial charge in [0.05, 0.1) is 5.92 Å². The summed E-state index contributed by atoms with van der Waals surface area (Å²) in [7, 11) is 0. The van der Waals surface area contributed by atoms with Crippen molar-refractivity contribution in [1.29, 1.82) is 0 Å². The Bertz CT molecular complexity index is 332. The first-order valence-electron chi connectivity index (χ1n) is 6.05. The molecule has 17 heavy (non-hydrogen) atoms. The average Bonchev–Trinajstić information content (AvgIpc) is 2.34. The molecule has 4 heteroatoms. The predicted octanol–water partition coefficient (Wildman–Crippen LogP) is 1.41. The van der Waals surface area contributed by atoms with Crippen LogP contribution in [0, 0.1) is 23.7 Å². The van der Waals surface area contributed by atoms with Crippen LogP contribution in [0.1, 0.15) is 39.0 Å². The number of carbonyl (C=O) groups is 2. The molecule has 1 amide bonds. The number of carboxylic acids is 1. The average molecular weight is 237 g/mol. The summed E-state index contributed by atoms with van der Waals surface area (Å²) in [4.78, 5) is 22.5. The number of aliphatic carboxylic acids is 1. The first-order valence-corrected chi connectivity index (χ1v) is 6.05. The standard InChI is InChI=1S/C13H19NO3/c1-2-3-4-9-14-12(15)10-5-7-11(8-6-10)13(16)17/h10-11H,4-9H2,1H3,(H,14,15)(H,16,17). The van der Waals surface area contributed by atoms with E-state index in [2.05, 4.69) is 17.2 Å². The molecule has 0 aromatic carbocycles. The van der Waals surface area contributed by atoms with E-state index in [1.807, 2.05) is 0 Å². The van der Waals surface area contributed by atoms with Crippen LogP contribution in [0.2, 0.25) is 0 Å². The normalized spacial score (nSPS) is 23.4. The molecule has 1 aliphatic rings. The van der Waals surface area contributed by atoms with Crippen molar-refractivity contribution in [2.75, 3.05) is 6.54 Å². The zero-order chi connectivity index (χ0) is 12.7. The molecular weight excluding hydrogens is 218 g/mol. The van der Waals surface area contributed by atoms with Gasteiger partial charge in [-0.1, -0.05) is 0 Å². The molecular formula is C13H19NO3. The molecule has 0 saturated heterocycles. The molecule has 0 aromatic heterocycles. The second-order valence-electron chi connectivity index (χ2n) is 4.35. The second kappa shape index (κ2) is 6.95. The van der Waals surface area contributed by atoms with E-state index in [1.165, 1.54) is 0 Å². The third-order valence-corrected chi connectivity index (χ3v) is 3.17. The van der Waals surface area contributed by atoms with Crippen molar-refractivity contribution >= 4 is 11.9 Å². The Morgan fingerprint density at radius 3 is 2.35 bits per heavy atom. The summed E-state index contributed by atoms with van der Waals surface area (Å²) in [6.45, 7) is 2.35. The molecule has 0 aromatic rings. The van der Waals surface area contributed by atoms with E-state index < -0.39 is 5.97 Å². The fourth-order valence-corrected chi connectivity index (χ4v) is 2.12. The van der Waals surface area contributed by atoms with E-state index in [9.17, 15) is 9.59 Å². The van der Waals surface area contributed by atoms with E-state index in [-0.39, 0.29) is 17.7 Å². The van der Waals surface area contributed by atoms with Crippen LogP contribution in [-0.2, 0) is 9.59 Å². The molecule has 0 radical (unpaired) electrons. The van der Waals surface area contributed by atoms with Crippen molar-refractivity contribution in [3.05, 3.63) is 0 Å². The molecule has 94 valence electrons. The number of amides is 1. The smallest absolute Gasteiger partial charge is 0.306 e. The maximum atomic E-state index is 11.7. The lowest BCUT2D eigenvalue weighted by Gasteiger charge is -2.25. The highest BCUT2D eigenvalue weighted by atomic mass is 16.4. The van der Waals surface area contributed by atoms with E-state index in [1.54, 1.807) is 6.92 Å². The van der Waals surface area contributed by atoms with Crippen LogP contribution in [0.3, 0.4) is 0 Å². The monoisotopic (exact) mass is 237 g/mol. The first kappa shape index (κ1) is 13.6. The van der Waals surface area contributed by atoms with E-state index in [0.29, 0.717) is 38.6 Å². The van der Waals surface area contributed by atoms with Crippen molar-refractivity contribution in [3.8, 4) is 11.8 Å². The van der Waals surface area contributed by atoms with Crippen LogP contribution in [0.15, 0.2) is 0 Å². The SMILES string of the molecule is CC#CCCNC(=O)C1CCC(C(=O)O)CC1. The fourth-order valence-electron chi connectivity index (χ4n) is 2.12. The summed E-state index contributed by atoms with van der Waals surface area (Å²) in [5.74, 6) is 4.70. The van der Waals surface area contributed by atoms with Crippen molar-refractivity contribution in [2.45, 2.75) is 39.0 Å². The number of carbonyl (C=O) groups excluding carboxylic acids is 1. The lowest BCUT2D eigenvalue weighted by Crippen LogP contribution is -2.34. The second-order valence-corrected chi connectivity index (χ2v) is 4.35. The number of hydrogen-bond donors (Lipinski definition) is 2. The van der Waals surface area contributed by atoms with Gasteiger partial charge in [0.15, 0.2) is 0 Å². The van der Waals surface area contributed by atoms with Crippen LogP contribution in [0.25, 0.3) is 0 Å². The van der Waals surface area contributed by atoms with Gasteiger partial charge in [-0.2, -0.15) is 0 Å². The summed E-state index contributed by atoms with van der Waals surface area (Å²) >= 11 is 0. The van der Waals surface area contributed by atoms with Crippen molar-refractivity contribution in [1.82, 2.24) is 5.32 Å². The van der Waals surface area contributed by atoms with Crippen LogP contribution < -0.4 is 5.32 Å². The van der Waals surface area contributed by atoms with E-state index >= 15 is 0 Å². The Balaban J connectivity index is 2.25. The molecule has 0 atom stereocenters. The van der Waals surface area contributed by atoms with Gasteiger partial charge in [0.2, 0.25) is 5.91 Å². The van der Waals surface area contributed by atoms with Gasteiger partial charge < -0.3 is 10.4 Å². The summed E-state index contributed by atoms with van der Waals surface area (Å²) in [6, 6.07) is 0. The molecule has 2 N–H and O–H groups in total. The first-order chi connectivity index (χ1) is 8.15. The summed E-state index contributed by atoms with van der Waals surface area (Å²) < 4.78 is 0. The Hall–Kier alpha value is -1.50. The van der Waals surface area contributed by atoms with E-state index in [4.69, 9.17) is 5.11 Å². The lowest BCUT2D eigenvalue weighted by molar-refractivity contribution is -0.144. The quantitative estimate of drug-likeness (QED) is 0.574. The van der Waals surface area contributed by atoms with Gasteiger partial charge in [-0.3, -0.25) is 9.59 Å². The summed E-state index contributed by atoms with van der Waals surface area (Å²) in [6.07, 6.45) is 3.27. The Morgan fingerprint density at radius 2 is 1.82 bits per heavy atom. The number of hydrogen-bond acceptors (Lipinski definition) is 2. The fraction of sp³-hybridized carbons (Fsp3) is 0.692. The minimum atomic E-state index is -0.734. The zero-order valence-electron chi connectivity index (χ0n) is 10.2. The van der Waals surface area contributed by atoms with Crippen molar-refractivity contribution in [3.63, 3.8) is 0 Å². The van der Waals surface area contributed by atoms with Gasteiger partial charge in [-0.05, 0) is 32.6 Å². The Morgan fingerprint density at radius 1 is 1.24 bits per heavy atom. The number of nitrogens with one attached hydrogen (secondary N) is 1. The van der Waals surface area contributed by atoms with Crippen molar-refractivity contribution in [2.24, 2.45) is 11.8 Å². The summed E-state index contributed by atoms with van der Waals surface area (Å²) in [5, 5.41) is 11.7. The highest BCUT2D eigenvalue weighted by Crippen LogP contribution is 2.28. The number of carboxylic acid groups (broad SMARTS) is 1. The van der Waals surface area contributed by atoms with Gasteiger partial charge in [0, 0.05) is 18.9 Å². The topological polar surface area (TPSA) is 66.4 Å². The molecule has 0 unspecified atom stereocenters. The van der Waals surface area contributed by atoms with Crippen LogP contribution in [0.4, 0.5) is 0 Å². The highest BCUT2D eigenvalue weighted by molar-refractivity contribution is 5.79. The van der Waals surface area contributed by atoms with Gasteiger partial charge >= 0.3 is 5.97 Å². The molecule has 1 saturated carbocycles. The molecule has 0 aliphatic heterocycles. The maximum Gasteiger partial charge on any atom is 0.306 e. The molecule has 0 bridgehead atoms. The van der Waals surface area contributed by atoms with Gasteiger partial charge in [-0.15, -0.1) is 11.8 Å². The van der Waals surface area contributed by atoms with Crippen LogP contribution >= 0.6 is 0 Å². The molecule has 1 rings (SSSR count). The lowest BCUT2D eigenvalue weighted by atomic mass is 9.81. The van der Waals surface area contributed by atoms with Gasteiger partial charge in [0.25, 0.3) is 0 Å². The number of rotatable bonds is 4. The predicted molar refractivity (Wildman–Crippen MR) is 64.2 cm³/mol. The summed E-state index contributed by atoms with van der Waals surface area (Å²) in [5.41, 5.74) is 0. The zero-order valence-corrected chi connectivity index (χ0v) is 10.2. The van der Waals surface area contributed by atoms with Crippen LogP contribution in [0.5, 0.6) is 0 Å². The molecule has 0 spiro atoms. The molecule has 4 nitrogen and oxygen atoms in total.